The summed E-state index contributed by atoms with van der Waals surface area (Å²) in [5.41, 5.74) is 0.904. The Bertz CT molecular complexity index is 348. The van der Waals surface area contributed by atoms with Crippen LogP contribution in [0.5, 0.6) is 0 Å². The standard InChI is InChI=1S/C12H15F2IO2/c1-2-17-11(16)12(13,14)8-10(15)9-6-4-3-5-7-9/h6,8H,2-5,7H2,1H3/b10-8+. The van der Waals surface area contributed by atoms with Gasteiger partial charge in [-0.1, -0.05) is 6.08 Å². The predicted octanol–water partition coefficient (Wildman–Crippen LogP) is 4.00. The van der Waals surface area contributed by atoms with E-state index in [2.05, 4.69) is 4.74 Å². The molecule has 0 aromatic rings. The molecule has 0 saturated carbocycles. The second kappa shape index (κ2) is 6.47. The van der Waals surface area contributed by atoms with Gasteiger partial charge < -0.3 is 4.74 Å². The Morgan fingerprint density at radius 3 is 2.82 bits per heavy atom. The number of alkyl halides is 2. The lowest BCUT2D eigenvalue weighted by Crippen LogP contribution is -2.28. The van der Waals surface area contributed by atoms with Crippen LogP contribution in [0, 0.1) is 0 Å². The van der Waals surface area contributed by atoms with E-state index in [-0.39, 0.29) is 6.61 Å². The summed E-state index contributed by atoms with van der Waals surface area (Å²) < 4.78 is 31.6. The Morgan fingerprint density at radius 1 is 1.59 bits per heavy atom. The highest BCUT2D eigenvalue weighted by atomic mass is 127. The smallest absolute Gasteiger partial charge is 0.381 e. The van der Waals surface area contributed by atoms with E-state index in [0.29, 0.717) is 9.66 Å². The fourth-order valence-corrected chi connectivity index (χ4v) is 2.47. The molecule has 0 N–H and O–H groups in total. The molecule has 0 aromatic heterocycles. The van der Waals surface area contributed by atoms with E-state index in [1.54, 1.807) is 0 Å². The third-order valence-electron chi connectivity index (χ3n) is 2.45. The van der Waals surface area contributed by atoms with Crippen molar-refractivity contribution in [1.82, 2.24) is 0 Å². The molecule has 0 spiro atoms. The third kappa shape index (κ3) is 4.37. The largest absolute Gasteiger partial charge is 0.461 e. The molecule has 1 aliphatic carbocycles. The van der Waals surface area contributed by atoms with Gasteiger partial charge in [-0.25, -0.2) is 4.79 Å². The van der Waals surface area contributed by atoms with E-state index in [9.17, 15) is 13.6 Å². The van der Waals surface area contributed by atoms with Crippen LogP contribution in [0.2, 0.25) is 0 Å². The second-order valence-corrected chi connectivity index (χ2v) is 4.97. The Labute approximate surface area is 113 Å². The summed E-state index contributed by atoms with van der Waals surface area (Å²) in [6, 6.07) is 0. The summed E-state index contributed by atoms with van der Waals surface area (Å²) in [6.07, 6.45) is 6.49. The van der Waals surface area contributed by atoms with Crippen LogP contribution < -0.4 is 0 Å². The van der Waals surface area contributed by atoms with Crippen LogP contribution in [-0.4, -0.2) is 18.5 Å². The molecule has 96 valence electrons. The van der Waals surface area contributed by atoms with Crippen molar-refractivity contribution in [3.05, 3.63) is 21.3 Å². The molecule has 17 heavy (non-hydrogen) atoms. The average molecular weight is 356 g/mol. The van der Waals surface area contributed by atoms with Gasteiger partial charge in [-0.2, -0.15) is 8.78 Å². The molecule has 0 aromatic carbocycles. The zero-order valence-corrected chi connectivity index (χ0v) is 11.8. The van der Waals surface area contributed by atoms with Gasteiger partial charge in [-0.3, -0.25) is 0 Å². The summed E-state index contributed by atoms with van der Waals surface area (Å²) in [4.78, 5) is 11.0. The van der Waals surface area contributed by atoms with Gasteiger partial charge in [-0.15, -0.1) is 0 Å². The lowest BCUT2D eigenvalue weighted by Gasteiger charge is -2.15. The van der Waals surface area contributed by atoms with Crippen LogP contribution in [0.3, 0.4) is 0 Å². The molecule has 1 rings (SSSR count). The molecule has 1 aliphatic rings. The van der Waals surface area contributed by atoms with E-state index in [0.717, 1.165) is 31.3 Å². The van der Waals surface area contributed by atoms with Crippen molar-refractivity contribution in [1.29, 1.82) is 0 Å². The Hall–Kier alpha value is -0.460. The van der Waals surface area contributed by atoms with Gasteiger partial charge in [0.2, 0.25) is 0 Å². The molecule has 0 aliphatic heterocycles. The minimum Gasteiger partial charge on any atom is -0.461 e. The van der Waals surface area contributed by atoms with Gasteiger partial charge in [0.15, 0.2) is 0 Å². The van der Waals surface area contributed by atoms with Crippen molar-refractivity contribution in [2.24, 2.45) is 0 Å². The van der Waals surface area contributed by atoms with E-state index < -0.39 is 11.9 Å². The fourth-order valence-electron chi connectivity index (χ4n) is 1.59. The van der Waals surface area contributed by atoms with Crippen molar-refractivity contribution in [3.63, 3.8) is 0 Å². The quantitative estimate of drug-likeness (QED) is 0.562. The number of hydrogen-bond donors (Lipinski definition) is 0. The number of esters is 1. The van der Waals surface area contributed by atoms with Crippen LogP contribution in [0.1, 0.15) is 32.6 Å². The summed E-state index contributed by atoms with van der Waals surface area (Å²) in [6.45, 7) is 1.47. The molecule has 2 nitrogen and oxygen atoms in total. The fraction of sp³-hybridized carbons (Fsp3) is 0.583. The maximum absolute atomic E-state index is 13.4. The molecule has 0 heterocycles. The Morgan fingerprint density at radius 2 is 2.29 bits per heavy atom. The topological polar surface area (TPSA) is 26.3 Å². The van der Waals surface area contributed by atoms with Gasteiger partial charge >= 0.3 is 11.9 Å². The summed E-state index contributed by atoms with van der Waals surface area (Å²) in [5, 5.41) is 0. The lowest BCUT2D eigenvalue weighted by molar-refractivity contribution is -0.164. The Kier molecular flexibility index (Phi) is 5.55. The van der Waals surface area contributed by atoms with Crippen LogP contribution >= 0.6 is 22.6 Å². The highest BCUT2D eigenvalue weighted by Crippen LogP contribution is 2.31. The Balaban J connectivity index is 2.78. The maximum Gasteiger partial charge on any atom is 0.381 e. The second-order valence-electron chi connectivity index (χ2n) is 3.81. The van der Waals surface area contributed by atoms with Gasteiger partial charge in [0.1, 0.15) is 0 Å². The molecule has 0 atom stereocenters. The summed E-state index contributed by atoms with van der Waals surface area (Å²) in [5.74, 6) is -5.02. The van der Waals surface area contributed by atoms with Crippen LogP contribution in [0.25, 0.3) is 0 Å². The van der Waals surface area contributed by atoms with Crippen LogP contribution in [-0.2, 0) is 9.53 Å². The highest BCUT2D eigenvalue weighted by Gasteiger charge is 2.38. The van der Waals surface area contributed by atoms with Gasteiger partial charge in [0.25, 0.3) is 0 Å². The number of carbonyl (C=O) groups is 1. The monoisotopic (exact) mass is 356 g/mol. The third-order valence-corrected chi connectivity index (χ3v) is 3.46. The van der Waals surface area contributed by atoms with E-state index in [4.69, 9.17) is 0 Å². The number of hydrogen-bond acceptors (Lipinski definition) is 2. The van der Waals surface area contributed by atoms with Gasteiger partial charge in [0, 0.05) is 9.66 Å². The molecule has 0 radical (unpaired) electrons. The highest BCUT2D eigenvalue weighted by molar-refractivity contribution is 14.1. The van der Waals surface area contributed by atoms with E-state index >= 15 is 0 Å². The summed E-state index contributed by atoms with van der Waals surface area (Å²) in [7, 11) is 0. The van der Waals surface area contributed by atoms with Crippen LogP contribution in [0.4, 0.5) is 8.78 Å². The summed E-state index contributed by atoms with van der Waals surface area (Å²) >= 11 is 1.85. The van der Waals surface area contributed by atoms with E-state index in [1.165, 1.54) is 6.92 Å². The normalized spacial score (nSPS) is 17.6. The number of rotatable bonds is 4. The van der Waals surface area contributed by atoms with Crippen molar-refractivity contribution in [2.75, 3.05) is 6.61 Å². The number of halogens is 3. The average Bonchev–Trinajstić information content (AvgIpc) is 2.30. The molecule has 0 bridgehead atoms. The zero-order valence-electron chi connectivity index (χ0n) is 9.64. The number of ether oxygens (including phenoxy) is 1. The van der Waals surface area contributed by atoms with Crippen molar-refractivity contribution < 1.29 is 18.3 Å². The molecule has 0 fully saturated rings. The van der Waals surface area contributed by atoms with E-state index in [1.807, 2.05) is 28.7 Å². The minimum absolute atomic E-state index is 0.0401. The molecule has 5 heteroatoms. The first kappa shape index (κ1) is 14.6. The first-order valence-corrected chi connectivity index (χ1v) is 6.68. The van der Waals surface area contributed by atoms with Gasteiger partial charge in [0.05, 0.1) is 6.61 Å². The van der Waals surface area contributed by atoms with Crippen molar-refractivity contribution in [3.8, 4) is 0 Å². The number of allylic oxidation sites excluding steroid dienone is 3. The maximum atomic E-state index is 13.4. The zero-order chi connectivity index (χ0) is 12.9. The SMILES string of the molecule is CCOC(=O)C(F)(F)/C=C(/I)C1=CCCCC1. The lowest BCUT2D eigenvalue weighted by atomic mass is 9.99. The molecule has 0 unspecified atom stereocenters. The van der Waals surface area contributed by atoms with Crippen molar-refractivity contribution >= 4 is 28.6 Å². The predicted molar refractivity (Wildman–Crippen MR) is 70.2 cm³/mol. The van der Waals surface area contributed by atoms with Crippen LogP contribution in [0.15, 0.2) is 21.3 Å². The molecular formula is C12H15F2IO2. The van der Waals surface area contributed by atoms with Crippen molar-refractivity contribution in [2.45, 2.75) is 38.5 Å². The first-order chi connectivity index (χ1) is 7.97. The minimum atomic E-state index is -3.54. The number of carbonyl (C=O) groups excluding carboxylic acids is 1. The molecular weight excluding hydrogens is 341 g/mol. The first-order valence-electron chi connectivity index (χ1n) is 5.60. The molecule has 0 amide bonds. The molecule has 0 saturated heterocycles. The van der Waals surface area contributed by atoms with Gasteiger partial charge in [-0.05, 0) is 60.8 Å².